The zero-order valence-corrected chi connectivity index (χ0v) is 15.9. The summed E-state index contributed by atoms with van der Waals surface area (Å²) in [5, 5.41) is 2.58. The van der Waals surface area contributed by atoms with Gasteiger partial charge in [0.05, 0.1) is 6.10 Å². The van der Waals surface area contributed by atoms with Crippen LogP contribution in [-0.2, 0) is 11.2 Å². The third-order valence-electron chi connectivity index (χ3n) is 5.60. The second-order valence-electron chi connectivity index (χ2n) is 7.69. The van der Waals surface area contributed by atoms with Crippen molar-refractivity contribution in [2.45, 2.75) is 18.9 Å². The first-order valence-corrected chi connectivity index (χ1v) is 9.45. The fraction of sp³-hybridized carbons (Fsp3) is 0.333. The van der Waals surface area contributed by atoms with Gasteiger partial charge in [-0.2, -0.15) is 0 Å². The Kier molecular flexibility index (Phi) is 4.80. The van der Waals surface area contributed by atoms with E-state index in [0.717, 1.165) is 13.0 Å². The van der Waals surface area contributed by atoms with Crippen LogP contribution >= 0.6 is 0 Å². The maximum absolute atomic E-state index is 5.97. The van der Waals surface area contributed by atoms with Gasteiger partial charge in [-0.3, -0.25) is 0 Å². The zero-order valence-electron chi connectivity index (χ0n) is 15.9. The molecule has 0 saturated heterocycles. The Morgan fingerprint density at radius 1 is 0.923 bits per heavy atom. The minimum absolute atomic E-state index is 0.182. The van der Waals surface area contributed by atoms with E-state index in [1.807, 2.05) is 7.11 Å². The predicted molar refractivity (Wildman–Crippen MR) is 109 cm³/mol. The van der Waals surface area contributed by atoms with E-state index >= 15 is 0 Å². The normalized spacial score (nSPS) is 19.7. The number of hydrogen-bond donors (Lipinski definition) is 0. The van der Waals surface area contributed by atoms with Crippen LogP contribution in [0.5, 0.6) is 0 Å². The second kappa shape index (κ2) is 7.22. The van der Waals surface area contributed by atoms with Gasteiger partial charge in [0.25, 0.3) is 0 Å². The molecule has 2 unspecified atom stereocenters. The highest BCUT2D eigenvalue weighted by molar-refractivity contribution is 5.87. The van der Waals surface area contributed by atoms with E-state index in [2.05, 4.69) is 79.7 Å². The Labute approximate surface area is 156 Å². The highest BCUT2D eigenvalue weighted by atomic mass is 16.5. The van der Waals surface area contributed by atoms with Crippen LogP contribution in [0.4, 0.5) is 0 Å². The molecule has 0 spiro atoms. The van der Waals surface area contributed by atoms with Gasteiger partial charge in [-0.25, -0.2) is 0 Å². The van der Waals surface area contributed by atoms with Crippen molar-refractivity contribution in [2.24, 2.45) is 5.92 Å². The molecule has 3 aromatic rings. The molecular weight excluding hydrogens is 318 g/mol. The molecule has 4 rings (SSSR count). The Bertz CT molecular complexity index is 915. The van der Waals surface area contributed by atoms with Gasteiger partial charge in [0, 0.05) is 19.6 Å². The van der Waals surface area contributed by atoms with Crippen molar-refractivity contribution in [1.82, 2.24) is 4.90 Å². The van der Waals surface area contributed by atoms with E-state index in [1.165, 1.54) is 39.4 Å². The van der Waals surface area contributed by atoms with Gasteiger partial charge in [0.1, 0.15) is 0 Å². The van der Waals surface area contributed by atoms with E-state index in [-0.39, 0.29) is 6.10 Å². The molecule has 0 heterocycles. The van der Waals surface area contributed by atoms with Crippen molar-refractivity contribution in [3.05, 3.63) is 71.8 Å². The number of ether oxygens (including phenoxy) is 1. The molecule has 0 saturated carbocycles. The molecule has 0 N–H and O–H groups in total. The average molecular weight is 345 g/mol. The summed E-state index contributed by atoms with van der Waals surface area (Å²) in [5.74, 6) is 0.550. The Hall–Kier alpha value is -2.16. The first-order valence-electron chi connectivity index (χ1n) is 9.45. The van der Waals surface area contributed by atoms with Gasteiger partial charge in [0.2, 0.25) is 0 Å². The molecule has 0 aromatic heterocycles. The lowest BCUT2D eigenvalue weighted by atomic mass is 9.80. The van der Waals surface area contributed by atoms with Crippen molar-refractivity contribution in [3.63, 3.8) is 0 Å². The van der Waals surface area contributed by atoms with Crippen LogP contribution in [0.15, 0.2) is 60.7 Å². The molecule has 0 aliphatic heterocycles. The number of aryl methyl sites for hydroxylation is 1. The Morgan fingerprint density at radius 3 is 2.42 bits per heavy atom. The minimum Gasteiger partial charge on any atom is -0.376 e. The summed E-state index contributed by atoms with van der Waals surface area (Å²) >= 11 is 0. The average Bonchev–Trinajstić information content (AvgIpc) is 2.66. The second-order valence-corrected chi connectivity index (χ2v) is 7.69. The third-order valence-corrected chi connectivity index (χ3v) is 5.60. The molecule has 1 aliphatic carbocycles. The van der Waals surface area contributed by atoms with Crippen LogP contribution in [0.1, 0.15) is 23.7 Å². The quantitative estimate of drug-likeness (QED) is 0.635. The van der Waals surface area contributed by atoms with Gasteiger partial charge >= 0.3 is 0 Å². The lowest BCUT2D eigenvalue weighted by Gasteiger charge is -2.34. The maximum atomic E-state index is 5.97. The van der Waals surface area contributed by atoms with Crippen LogP contribution in [0.3, 0.4) is 0 Å². The number of rotatable bonds is 4. The number of nitrogens with zero attached hydrogens (tertiary/aromatic N) is 1. The monoisotopic (exact) mass is 345 g/mol. The number of hydrogen-bond acceptors (Lipinski definition) is 2. The first-order chi connectivity index (χ1) is 12.7. The molecular formula is C24H27NO. The molecule has 0 amide bonds. The summed E-state index contributed by atoms with van der Waals surface area (Å²) in [7, 11) is 6.15. The SMILES string of the molecule is COC1c2cc(-c3ccc4ccccc4c3)ccc2CCC1CN(C)C. The molecule has 0 fully saturated rings. The molecule has 0 radical (unpaired) electrons. The Balaban J connectivity index is 1.73. The van der Waals surface area contributed by atoms with Crippen molar-refractivity contribution in [2.75, 3.05) is 27.7 Å². The predicted octanol–water partition coefficient (Wildman–Crippen LogP) is 5.32. The minimum atomic E-state index is 0.182. The number of methoxy groups -OCH3 is 1. The number of benzene rings is 3. The smallest absolute Gasteiger partial charge is 0.0864 e. The molecule has 2 nitrogen and oxygen atoms in total. The molecule has 3 aromatic carbocycles. The van der Waals surface area contributed by atoms with E-state index in [4.69, 9.17) is 4.74 Å². The van der Waals surface area contributed by atoms with Crippen molar-refractivity contribution >= 4 is 10.8 Å². The molecule has 2 atom stereocenters. The molecule has 0 bridgehead atoms. The summed E-state index contributed by atoms with van der Waals surface area (Å²) in [6.07, 6.45) is 2.52. The fourth-order valence-electron chi connectivity index (χ4n) is 4.36. The van der Waals surface area contributed by atoms with E-state index in [1.54, 1.807) is 0 Å². The summed E-state index contributed by atoms with van der Waals surface area (Å²) < 4.78 is 5.97. The van der Waals surface area contributed by atoms with Crippen LogP contribution in [0.2, 0.25) is 0 Å². The van der Waals surface area contributed by atoms with Crippen LogP contribution < -0.4 is 0 Å². The zero-order chi connectivity index (χ0) is 18.1. The summed E-state index contributed by atoms with van der Waals surface area (Å²) in [5.41, 5.74) is 5.37. The largest absolute Gasteiger partial charge is 0.376 e. The maximum Gasteiger partial charge on any atom is 0.0864 e. The molecule has 1 aliphatic rings. The Morgan fingerprint density at radius 2 is 1.65 bits per heavy atom. The van der Waals surface area contributed by atoms with Crippen LogP contribution in [0, 0.1) is 5.92 Å². The summed E-state index contributed by atoms with van der Waals surface area (Å²) in [6.45, 7) is 1.07. The topological polar surface area (TPSA) is 12.5 Å². The molecule has 2 heteroatoms. The van der Waals surface area contributed by atoms with E-state index in [0.29, 0.717) is 5.92 Å². The highest BCUT2D eigenvalue weighted by Gasteiger charge is 2.30. The lowest BCUT2D eigenvalue weighted by molar-refractivity contribution is 0.0300. The van der Waals surface area contributed by atoms with Crippen LogP contribution in [0.25, 0.3) is 21.9 Å². The molecule has 26 heavy (non-hydrogen) atoms. The summed E-state index contributed by atoms with van der Waals surface area (Å²) in [6, 6.07) is 22.2. The van der Waals surface area contributed by atoms with Gasteiger partial charge in [-0.1, -0.05) is 48.5 Å². The van der Waals surface area contributed by atoms with Crippen molar-refractivity contribution in [3.8, 4) is 11.1 Å². The lowest BCUT2D eigenvalue weighted by Crippen LogP contribution is -2.31. The van der Waals surface area contributed by atoms with Crippen molar-refractivity contribution in [1.29, 1.82) is 0 Å². The van der Waals surface area contributed by atoms with Crippen LogP contribution in [-0.4, -0.2) is 32.6 Å². The van der Waals surface area contributed by atoms with Gasteiger partial charge in [-0.05, 0) is 72.1 Å². The molecule has 134 valence electrons. The van der Waals surface area contributed by atoms with Gasteiger partial charge < -0.3 is 9.64 Å². The fourth-order valence-corrected chi connectivity index (χ4v) is 4.36. The first kappa shape index (κ1) is 17.3. The van der Waals surface area contributed by atoms with E-state index in [9.17, 15) is 0 Å². The summed E-state index contributed by atoms with van der Waals surface area (Å²) in [4.78, 5) is 2.27. The standard InChI is InChI=1S/C24H27NO/c1-25(2)16-22-13-10-18-9-12-21(15-23(18)24(22)26-3)20-11-8-17-6-4-5-7-19(17)14-20/h4-9,11-12,14-15,22,24H,10,13,16H2,1-3H3. The highest BCUT2D eigenvalue weighted by Crippen LogP contribution is 2.39. The van der Waals surface area contributed by atoms with E-state index < -0.39 is 0 Å². The van der Waals surface area contributed by atoms with Gasteiger partial charge in [0.15, 0.2) is 0 Å². The number of fused-ring (bicyclic) bond motifs is 2. The van der Waals surface area contributed by atoms with Gasteiger partial charge in [-0.15, -0.1) is 0 Å². The third kappa shape index (κ3) is 3.27. The van der Waals surface area contributed by atoms with Crippen molar-refractivity contribution < 1.29 is 4.74 Å².